The molecule has 0 heterocycles. The second-order valence-electron chi connectivity index (χ2n) is 6.08. The molecule has 1 saturated carbocycles. The molecule has 2 heteroatoms. The summed E-state index contributed by atoms with van der Waals surface area (Å²) in [5.74, 6) is 1.57. The van der Waals surface area contributed by atoms with Gasteiger partial charge < -0.3 is 5.73 Å². The highest BCUT2D eigenvalue weighted by Crippen LogP contribution is 2.45. The number of nitrogens with two attached hydrogens (primary N) is 1. The van der Waals surface area contributed by atoms with Gasteiger partial charge in [0.1, 0.15) is 0 Å². The van der Waals surface area contributed by atoms with Crippen molar-refractivity contribution in [2.45, 2.75) is 65.5 Å². The van der Waals surface area contributed by atoms with E-state index < -0.39 is 0 Å². The minimum absolute atomic E-state index is 0.276. The number of hydrogen-bond acceptors (Lipinski definition) is 2. The molecule has 0 aromatic carbocycles. The van der Waals surface area contributed by atoms with Crippen molar-refractivity contribution in [3.8, 4) is 0 Å². The third kappa shape index (κ3) is 2.78. The summed E-state index contributed by atoms with van der Waals surface area (Å²) in [5, 5.41) is 0. The second kappa shape index (κ2) is 5.50. The lowest BCUT2D eigenvalue weighted by Gasteiger charge is -2.47. The van der Waals surface area contributed by atoms with Crippen LogP contribution in [0.5, 0.6) is 0 Å². The van der Waals surface area contributed by atoms with Crippen LogP contribution in [-0.4, -0.2) is 29.6 Å². The van der Waals surface area contributed by atoms with E-state index in [0.717, 1.165) is 18.4 Å². The first-order valence-corrected chi connectivity index (χ1v) is 6.94. The summed E-state index contributed by atoms with van der Waals surface area (Å²) in [6.45, 7) is 13.5. The van der Waals surface area contributed by atoms with Gasteiger partial charge in [0.2, 0.25) is 0 Å². The van der Waals surface area contributed by atoms with E-state index in [9.17, 15) is 0 Å². The van der Waals surface area contributed by atoms with E-state index >= 15 is 0 Å². The number of hydrogen-bond donors (Lipinski definition) is 1. The van der Waals surface area contributed by atoms with Crippen LogP contribution in [0.3, 0.4) is 0 Å². The predicted octanol–water partition coefficient (Wildman–Crippen LogP) is 2.87. The first-order chi connectivity index (χ1) is 7.47. The Morgan fingerprint density at radius 2 is 1.81 bits per heavy atom. The summed E-state index contributed by atoms with van der Waals surface area (Å²) in [4.78, 5) is 2.68. The highest BCUT2D eigenvalue weighted by atomic mass is 15.2. The van der Waals surface area contributed by atoms with Gasteiger partial charge in [-0.15, -0.1) is 0 Å². The van der Waals surface area contributed by atoms with E-state index in [1.807, 2.05) is 0 Å². The van der Waals surface area contributed by atoms with Crippen LogP contribution in [0, 0.1) is 11.8 Å². The summed E-state index contributed by atoms with van der Waals surface area (Å²) in [5.41, 5.74) is 6.41. The maximum absolute atomic E-state index is 6.13. The normalized spacial score (nSPS) is 20.8. The molecule has 1 unspecified atom stereocenters. The minimum atomic E-state index is 0.276. The van der Waals surface area contributed by atoms with Crippen LogP contribution >= 0.6 is 0 Å². The van der Waals surface area contributed by atoms with E-state index in [1.54, 1.807) is 0 Å². The Labute approximate surface area is 102 Å². The highest BCUT2D eigenvalue weighted by molar-refractivity contribution is 5.03. The van der Waals surface area contributed by atoms with Gasteiger partial charge in [-0.1, -0.05) is 20.8 Å². The molecule has 2 nitrogen and oxygen atoms in total. The zero-order valence-corrected chi connectivity index (χ0v) is 11.8. The van der Waals surface area contributed by atoms with Gasteiger partial charge in [-0.25, -0.2) is 0 Å². The number of nitrogens with zero attached hydrogens (tertiary/aromatic N) is 1. The second-order valence-corrected chi connectivity index (χ2v) is 6.08. The van der Waals surface area contributed by atoms with Crippen LogP contribution in [0.4, 0.5) is 0 Å². The van der Waals surface area contributed by atoms with E-state index in [4.69, 9.17) is 5.73 Å². The summed E-state index contributed by atoms with van der Waals surface area (Å²) in [6.07, 6.45) is 3.96. The molecule has 0 radical (unpaired) electrons. The highest BCUT2D eigenvalue weighted by Gasteiger charge is 2.47. The summed E-state index contributed by atoms with van der Waals surface area (Å²) < 4.78 is 0. The van der Waals surface area contributed by atoms with Gasteiger partial charge in [0.25, 0.3) is 0 Å². The molecule has 0 bridgehead atoms. The maximum Gasteiger partial charge on any atom is 0.0360 e. The van der Waals surface area contributed by atoms with Crippen molar-refractivity contribution in [3.05, 3.63) is 0 Å². The molecule has 0 saturated heterocycles. The lowest BCUT2D eigenvalue weighted by Crippen LogP contribution is -2.58. The van der Waals surface area contributed by atoms with Crippen molar-refractivity contribution in [2.75, 3.05) is 13.1 Å². The molecule has 0 amide bonds. The Morgan fingerprint density at radius 1 is 1.25 bits per heavy atom. The molecule has 1 aliphatic carbocycles. The molecular weight excluding hydrogens is 196 g/mol. The Hall–Kier alpha value is -0.0800. The fourth-order valence-electron chi connectivity index (χ4n) is 3.08. The van der Waals surface area contributed by atoms with Crippen molar-refractivity contribution >= 4 is 0 Å². The first kappa shape index (κ1) is 14.0. The average Bonchev–Trinajstić information content (AvgIpc) is 3.02. The van der Waals surface area contributed by atoms with Crippen molar-refractivity contribution < 1.29 is 0 Å². The standard InChI is InChI=1S/C14H30N2/c1-6-14(10-15,13-7-8-13)16(12(4)5)9-11(2)3/h11-13H,6-10,15H2,1-5H3. The van der Waals surface area contributed by atoms with Crippen LogP contribution in [0.25, 0.3) is 0 Å². The van der Waals surface area contributed by atoms with Gasteiger partial charge in [0.15, 0.2) is 0 Å². The largest absolute Gasteiger partial charge is 0.329 e. The van der Waals surface area contributed by atoms with Crippen LogP contribution in [-0.2, 0) is 0 Å². The van der Waals surface area contributed by atoms with Crippen molar-refractivity contribution in [1.29, 1.82) is 0 Å². The molecule has 2 N–H and O–H groups in total. The molecule has 16 heavy (non-hydrogen) atoms. The van der Waals surface area contributed by atoms with Crippen LogP contribution < -0.4 is 5.73 Å². The molecule has 0 spiro atoms. The molecule has 96 valence electrons. The number of rotatable bonds is 7. The van der Waals surface area contributed by atoms with Crippen molar-refractivity contribution in [3.63, 3.8) is 0 Å². The van der Waals surface area contributed by atoms with Crippen LogP contribution in [0.2, 0.25) is 0 Å². The van der Waals surface area contributed by atoms with Crippen molar-refractivity contribution in [1.82, 2.24) is 4.90 Å². The zero-order chi connectivity index (χ0) is 12.3. The molecule has 0 aliphatic heterocycles. The molecule has 0 aromatic rings. The lowest BCUT2D eigenvalue weighted by atomic mass is 9.86. The minimum Gasteiger partial charge on any atom is -0.329 e. The first-order valence-electron chi connectivity index (χ1n) is 6.94. The quantitative estimate of drug-likeness (QED) is 0.723. The topological polar surface area (TPSA) is 29.3 Å². The molecule has 0 aromatic heterocycles. The third-order valence-electron chi connectivity index (χ3n) is 4.06. The van der Waals surface area contributed by atoms with Gasteiger partial charge >= 0.3 is 0 Å². The Balaban J connectivity index is 2.86. The summed E-state index contributed by atoms with van der Waals surface area (Å²) in [7, 11) is 0. The van der Waals surface area contributed by atoms with E-state index in [2.05, 4.69) is 39.5 Å². The van der Waals surface area contributed by atoms with E-state index in [-0.39, 0.29) is 5.54 Å². The lowest BCUT2D eigenvalue weighted by molar-refractivity contribution is 0.0282. The monoisotopic (exact) mass is 226 g/mol. The van der Waals surface area contributed by atoms with Crippen molar-refractivity contribution in [2.24, 2.45) is 17.6 Å². The van der Waals surface area contributed by atoms with Gasteiger partial charge in [-0.3, -0.25) is 4.90 Å². The third-order valence-corrected chi connectivity index (χ3v) is 4.06. The summed E-state index contributed by atoms with van der Waals surface area (Å²) in [6, 6.07) is 0.603. The molecule has 1 aliphatic rings. The Kier molecular flexibility index (Phi) is 4.81. The Bertz CT molecular complexity index is 203. The maximum atomic E-state index is 6.13. The molecular formula is C14H30N2. The van der Waals surface area contributed by atoms with Crippen LogP contribution in [0.15, 0.2) is 0 Å². The van der Waals surface area contributed by atoms with Gasteiger partial charge in [-0.05, 0) is 44.9 Å². The van der Waals surface area contributed by atoms with Gasteiger partial charge in [-0.2, -0.15) is 0 Å². The fourth-order valence-corrected chi connectivity index (χ4v) is 3.08. The van der Waals surface area contributed by atoms with Gasteiger partial charge in [0, 0.05) is 24.7 Å². The van der Waals surface area contributed by atoms with E-state index in [0.29, 0.717) is 6.04 Å². The smallest absolute Gasteiger partial charge is 0.0360 e. The molecule has 1 rings (SSSR count). The molecule has 1 atom stereocenters. The van der Waals surface area contributed by atoms with Crippen LogP contribution in [0.1, 0.15) is 53.9 Å². The SMILES string of the molecule is CCC(CN)(C1CC1)N(CC(C)C)C(C)C. The predicted molar refractivity (Wildman–Crippen MR) is 71.5 cm³/mol. The Morgan fingerprint density at radius 3 is 2.06 bits per heavy atom. The summed E-state index contributed by atoms with van der Waals surface area (Å²) >= 11 is 0. The van der Waals surface area contributed by atoms with Gasteiger partial charge in [0.05, 0.1) is 0 Å². The molecule has 1 fully saturated rings. The van der Waals surface area contributed by atoms with E-state index in [1.165, 1.54) is 25.8 Å². The fraction of sp³-hybridized carbons (Fsp3) is 1.00. The average molecular weight is 226 g/mol. The zero-order valence-electron chi connectivity index (χ0n) is 11.8.